The van der Waals surface area contributed by atoms with Crippen LogP contribution in [0.5, 0.6) is 0 Å². The zero-order chi connectivity index (χ0) is 16.9. The van der Waals surface area contributed by atoms with E-state index >= 15 is 0 Å². The van der Waals surface area contributed by atoms with Crippen molar-refractivity contribution >= 4 is 11.3 Å². The van der Waals surface area contributed by atoms with E-state index in [0.717, 1.165) is 22.7 Å². The van der Waals surface area contributed by atoms with E-state index in [9.17, 15) is 4.39 Å². The van der Waals surface area contributed by atoms with E-state index in [0.29, 0.717) is 30.6 Å². The summed E-state index contributed by atoms with van der Waals surface area (Å²) in [6.45, 7) is 2.07. The molecule has 5 nitrogen and oxygen atoms in total. The summed E-state index contributed by atoms with van der Waals surface area (Å²) < 4.78 is 18.2. The van der Waals surface area contributed by atoms with Gasteiger partial charge in [0.15, 0.2) is 5.82 Å². The SMILES string of the molecule is CNC(C)Cc1noc(Cc2csc(Cc3ccc(F)cc3)n2)n1. The molecular formula is C17H19FN4OS. The molecule has 0 saturated heterocycles. The Bertz CT molecular complexity index is 784. The third kappa shape index (κ3) is 4.46. The Kier molecular flexibility index (Phi) is 5.32. The Labute approximate surface area is 143 Å². The van der Waals surface area contributed by atoms with Crippen LogP contribution >= 0.6 is 11.3 Å². The van der Waals surface area contributed by atoms with Crippen molar-refractivity contribution in [2.24, 2.45) is 0 Å². The van der Waals surface area contributed by atoms with Crippen LogP contribution in [0, 0.1) is 5.82 Å². The highest BCUT2D eigenvalue weighted by Gasteiger charge is 2.12. The lowest BCUT2D eigenvalue weighted by molar-refractivity contribution is 0.376. The largest absolute Gasteiger partial charge is 0.339 e. The van der Waals surface area contributed by atoms with Crippen molar-refractivity contribution in [1.29, 1.82) is 0 Å². The van der Waals surface area contributed by atoms with Crippen LogP contribution in [0.25, 0.3) is 0 Å². The molecule has 7 heteroatoms. The molecular weight excluding hydrogens is 327 g/mol. The molecule has 0 aliphatic heterocycles. The lowest BCUT2D eigenvalue weighted by Gasteiger charge is -2.04. The van der Waals surface area contributed by atoms with E-state index in [1.165, 1.54) is 12.1 Å². The number of halogens is 1. The maximum atomic E-state index is 12.9. The van der Waals surface area contributed by atoms with Crippen LogP contribution in [0.1, 0.15) is 34.9 Å². The first-order chi connectivity index (χ1) is 11.6. The molecule has 126 valence electrons. The van der Waals surface area contributed by atoms with Crippen LogP contribution in [-0.4, -0.2) is 28.2 Å². The lowest BCUT2D eigenvalue weighted by Crippen LogP contribution is -2.24. The van der Waals surface area contributed by atoms with E-state index in [1.807, 2.05) is 12.4 Å². The Hall–Kier alpha value is -2.12. The molecule has 3 rings (SSSR count). The summed E-state index contributed by atoms with van der Waals surface area (Å²) in [7, 11) is 1.91. The van der Waals surface area contributed by atoms with Gasteiger partial charge < -0.3 is 9.84 Å². The number of hydrogen-bond acceptors (Lipinski definition) is 6. The standard InChI is InChI=1S/C17H19FN4OS/c1-11(19-2)7-15-21-16(23-22-15)9-14-10-24-17(20-14)8-12-3-5-13(18)6-4-12/h3-6,10-11,19H,7-9H2,1-2H3. The molecule has 0 aliphatic rings. The number of thiazole rings is 1. The quantitative estimate of drug-likeness (QED) is 0.712. The maximum Gasteiger partial charge on any atom is 0.232 e. The number of hydrogen-bond donors (Lipinski definition) is 1. The van der Waals surface area contributed by atoms with Gasteiger partial charge in [-0.05, 0) is 31.7 Å². The summed E-state index contributed by atoms with van der Waals surface area (Å²) in [6, 6.07) is 6.80. The van der Waals surface area contributed by atoms with E-state index < -0.39 is 0 Å². The minimum atomic E-state index is -0.224. The van der Waals surface area contributed by atoms with Gasteiger partial charge >= 0.3 is 0 Å². The van der Waals surface area contributed by atoms with Gasteiger partial charge in [0.25, 0.3) is 0 Å². The van der Waals surface area contributed by atoms with Crippen LogP contribution in [0.3, 0.4) is 0 Å². The Balaban J connectivity index is 1.60. The van der Waals surface area contributed by atoms with E-state index in [1.54, 1.807) is 23.5 Å². The predicted molar refractivity (Wildman–Crippen MR) is 90.6 cm³/mol. The first-order valence-corrected chi connectivity index (χ1v) is 8.67. The minimum absolute atomic E-state index is 0.224. The molecule has 2 aromatic heterocycles. The van der Waals surface area contributed by atoms with Crippen LogP contribution < -0.4 is 5.32 Å². The summed E-state index contributed by atoms with van der Waals surface area (Å²) in [5.74, 6) is 1.05. The lowest BCUT2D eigenvalue weighted by atomic mass is 10.1. The van der Waals surface area contributed by atoms with Crippen molar-refractivity contribution in [3.63, 3.8) is 0 Å². The van der Waals surface area contributed by atoms with Gasteiger partial charge in [0.2, 0.25) is 5.89 Å². The van der Waals surface area contributed by atoms with Crippen molar-refractivity contribution in [1.82, 2.24) is 20.4 Å². The molecule has 1 aromatic carbocycles. The van der Waals surface area contributed by atoms with Gasteiger partial charge in [-0.1, -0.05) is 17.3 Å². The van der Waals surface area contributed by atoms with Crippen molar-refractivity contribution in [2.45, 2.75) is 32.2 Å². The topological polar surface area (TPSA) is 63.8 Å². The molecule has 1 N–H and O–H groups in total. The highest BCUT2D eigenvalue weighted by molar-refractivity contribution is 7.09. The fraction of sp³-hybridized carbons (Fsp3) is 0.353. The van der Waals surface area contributed by atoms with Gasteiger partial charge in [-0.2, -0.15) is 4.98 Å². The van der Waals surface area contributed by atoms with Crippen LogP contribution in [0.2, 0.25) is 0 Å². The smallest absolute Gasteiger partial charge is 0.232 e. The minimum Gasteiger partial charge on any atom is -0.339 e. The fourth-order valence-electron chi connectivity index (χ4n) is 2.26. The number of nitrogens with one attached hydrogen (secondary N) is 1. The zero-order valence-corrected chi connectivity index (χ0v) is 14.4. The second-order valence-corrected chi connectivity index (χ2v) is 6.65. The first-order valence-electron chi connectivity index (χ1n) is 7.79. The molecule has 0 aliphatic carbocycles. The molecule has 1 unspecified atom stereocenters. The number of rotatable bonds is 7. The molecule has 0 spiro atoms. The maximum absolute atomic E-state index is 12.9. The first kappa shape index (κ1) is 16.7. The molecule has 2 heterocycles. The van der Waals surface area contributed by atoms with Gasteiger partial charge in [-0.25, -0.2) is 9.37 Å². The molecule has 24 heavy (non-hydrogen) atoms. The summed E-state index contributed by atoms with van der Waals surface area (Å²) in [5.41, 5.74) is 1.95. The Morgan fingerprint density at radius 2 is 2.00 bits per heavy atom. The molecule has 3 aromatic rings. The summed E-state index contributed by atoms with van der Waals surface area (Å²) >= 11 is 1.58. The van der Waals surface area contributed by atoms with Crippen LogP contribution in [-0.2, 0) is 19.3 Å². The van der Waals surface area contributed by atoms with Gasteiger partial charge in [0.05, 0.1) is 17.1 Å². The van der Waals surface area contributed by atoms with Gasteiger partial charge in [0, 0.05) is 24.3 Å². The summed E-state index contributed by atoms with van der Waals surface area (Å²) in [5, 5.41) is 10.1. The Morgan fingerprint density at radius 1 is 1.21 bits per heavy atom. The third-order valence-corrected chi connectivity index (χ3v) is 4.59. The highest BCUT2D eigenvalue weighted by atomic mass is 32.1. The van der Waals surface area contributed by atoms with Gasteiger partial charge in [-0.15, -0.1) is 11.3 Å². The van der Waals surface area contributed by atoms with E-state index in [2.05, 4.69) is 27.4 Å². The molecule has 0 amide bonds. The monoisotopic (exact) mass is 346 g/mol. The van der Waals surface area contributed by atoms with E-state index in [4.69, 9.17) is 4.52 Å². The Morgan fingerprint density at radius 3 is 2.75 bits per heavy atom. The van der Waals surface area contributed by atoms with Crippen molar-refractivity contribution in [2.75, 3.05) is 7.05 Å². The molecule has 1 atom stereocenters. The van der Waals surface area contributed by atoms with E-state index in [-0.39, 0.29) is 5.82 Å². The molecule has 0 bridgehead atoms. The number of likely N-dealkylation sites (N-methyl/N-ethyl adjacent to an activating group) is 1. The van der Waals surface area contributed by atoms with Crippen molar-refractivity contribution < 1.29 is 8.91 Å². The predicted octanol–water partition coefficient (Wildman–Crippen LogP) is 3.00. The highest BCUT2D eigenvalue weighted by Crippen LogP contribution is 2.17. The summed E-state index contributed by atoms with van der Waals surface area (Å²) in [6.07, 6.45) is 1.95. The van der Waals surface area contributed by atoms with Crippen LogP contribution in [0.15, 0.2) is 34.2 Å². The third-order valence-electron chi connectivity index (χ3n) is 3.69. The second-order valence-electron chi connectivity index (χ2n) is 5.71. The number of benzene rings is 1. The molecule has 0 saturated carbocycles. The average Bonchev–Trinajstić information content (AvgIpc) is 3.19. The summed E-state index contributed by atoms with van der Waals surface area (Å²) in [4.78, 5) is 9.00. The molecule has 0 radical (unpaired) electrons. The molecule has 0 fully saturated rings. The zero-order valence-electron chi connectivity index (χ0n) is 13.6. The van der Waals surface area contributed by atoms with Gasteiger partial charge in [-0.3, -0.25) is 0 Å². The van der Waals surface area contributed by atoms with Crippen LogP contribution in [0.4, 0.5) is 4.39 Å². The average molecular weight is 346 g/mol. The second kappa shape index (κ2) is 7.63. The van der Waals surface area contributed by atoms with Gasteiger partial charge in [0.1, 0.15) is 5.82 Å². The van der Waals surface area contributed by atoms with Crippen molar-refractivity contribution in [3.8, 4) is 0 Å². The number of nitrogens with zero attached hydrogens (tertiary/aromatic N) is 3. The van der Waals surface area contributed by atoms with Crippen molar-refractivity contribution in [3.05, 3.63) is 63.4 Å². The normalized spacial score (nSPS) is 12.5. The fourth-order valence-corrected chi connectivity index (χ4v) is 3.09. The number of aromatic nitrogens is 3.